The van der Waals surface area contributed by atoms with Gasteiger partial charge in [0, 0.05) is 21.5 Å². The van der Waals surface area contributed by atoms with Crippen LogP contribution in [0.4, 0.5) is 0 Å². The van der Waals surface area contributed by atoms with E-state index < -0.39 is 0 Å². The van der Waals surface area contributed by atoms with Gasteiger partial charge in [-0.15, -0.1) is 11.3 Å². The molecule has 0 bridgehead atoms. The number of hydrogen-bond acceptors (Lipinski definition) is 5. The lowest BCUT2D eigenvalue weighted by atomic mass is 10.1. The van der Waals surface area contributed by atoms with Gasteiger partial charge in [0.05, 0.1) is 17.8 Å². The average Bonchev–Trinajstić information content (AvgIpc) is 3.11. The summed E-state index contributed by atoms with van der Waals surface area (Å²) in [5.74, 6) is -0.225. The Balaban J connectivity index is 1.64. The molecule has 3 rings (SSSR count). The number of phenolic OH excluding ortho intramolecular Hbond substituents is 1. The van der Waals surface area contributed by atoms with Gasteiger partial charge in [-0.25, -0.2) is 10.4 Å². The summed E-state index contributed by atoms with van der Waals surface area (Å²) < 4.78 is 0. The lowest BCUT2D eigenvalue weighted by molar-refractivity contribution is -0.120. The van der Waals surface area contributed by atoms with Crippen molar-refractivity contribution in [3.05, 3.63) is 69.5 Å². The van der Waals surface area contributed by atoms with Crippen molar-refractivity contribution >= 4 is 34.6 Å². The fourth-order valence-electron chi connectivity index (χ4n) is 2.31. The molecular weight excluding hydrogens is 370 g/mol. The summed E-state index contributed by atoms with van der Waals surface area (Å²) >= 11 is 7.35. The van der Waals surface area contributed by atoms with E-state index in [9.17, 15) is 9.90 Å². The number of aromatic nitrogens is 1. The molecule has 26 heavy (non-hydrogen) atoms. The van der Waals surface area contributed by atoms with E-state index in [1.807, 2.05) is 35.7 Å². The first-order valence-corrected chi connectivity index (χ1v) is 9.10. The van der Waals surface area contributed by atoms with E-state index >= 15 is 0 Å². The summed E-state index contributed by atoms with van der Waals surface area (Å²) in [6, 6.07) is 14.5. The van der Waals surface area contributed by atoms with Crippen LogP contribution in [0.5, 0.6) is 5.75 Å². The molecule has 7 heteroatoms. The molecule has 0 saturated carbocycles. The summed E-state index contributed by atoms with van der Waals surface area (Å²) in [5.41, 5.74) is 5.28. The topological polar surface area (TPSA) is 74.6 Å². The Hall–Kier alpha value is -2.70. The second kappa shape index (κ2) is 8.12. The predicted molar refractivity (Wildman–Crippen MR) is 105 cm³/mol. The molecule has 0 unspecified atom stereocenters. The van der Waals surface area contributed by atoms with E-state index in [-0.39, 0.29) is 18.1 Å². The Kier molecular flexibility index (Phi) is 5.65. The summed E-state index contributed by atoms with van der Waals surface area (Å²) in [6.07, 6.45) is 0.135. The van der Waals surface area contributed by atoms with Gasteiger partial charge in [0.25, 0.3) is 0 Å². The lowest BCUT2D eigenvalue weighted by Gasteiger charge is -2.05. The van der Waals surface area contributed by atoms with Crippen LogP contribution in [0, 0.1) is 0 Å². The molecule has 0 saturated heterocycles. The summed E-state index contributed by atoms with van der Waals surface area (Å²) in [5, 5.41) is 17.0. The third kappa shape index (κ3) is 4.47. The number of thiazole rings is 1. The summed E-state index contributed by atoms with van der Waals surface area (Å²) in [4.78, 5) is 16.6. The maximum Gasteiger partial charge on any atom is 0.246 e. The first kappa shape index (κ1) is 18.1. The van der Waals surface area contributed by atoms with Crippen LogP contribution in [0.2, 0.25) is 5.02 Å². The molecule has 0 radical (unpaired) electrons. The molecule has 132 valence electrons. The largest absolute Gasteiger partial charge is 0.507 e. The van der Waals surface area contributed by atoms with Crippen molar-refractivity contribution in [2.24, 2.45) is 5.10 Å². The van der Waals surface area contributed by atoms with Crippen LogP contribution in [0.15, 0.2) is 59.0 Å². The van der Waals surface area contributed by atoms with Crippen LogP contribution in [0.3, 0.4) is 0 Å². The third-order valence-electron chi connectivity index (χ3n) is 3.63. The minimum absolute atomic E-state index is 0.0531. The molecule has 0 fully saturated rings. The van der Waals surface area contributed by atoms with Crippen LogP contribution >= 0.6 is 22.9 Å². The maximum atomic E-state index is 12.1. The van der Waals surface area contributed by atoms with Crippen LogP contribution in [-0.2, 0) is 11.2 Å². The van der Waals surface area contributed by atoms with E-state index in [1.54, 1.807) is 19.1 Å². The predicted octanol–water partition coefficient (Wildman–Crippen LogP) is 4.25. The van der Waals surface area contributed by atoms with Gasteiger partial charge in [-0.3, -0.25) is 4.79 Å². The van der Waals surface area contributed by atoms with Crippen molar-refractivity contribution in [3.63, 3.8) is 0 Å². The molecule has 0 aliphatic heterocycles. The molecule has 0 atom stereocenters. The zero-order valence-corrected chi connectivity index (χ0v) is 15.5. The second-order valence-electron chi connectivity index (χ2n) is 5.56. The molecule has 1 amide bonds. The number of nitrogens with one attached hydrogen (secondary N) is 1. The molecule has 3 aromatic rings. The van der Waals surface area contributed by atoms with Gasteiger partial charge in [0.2, 0.25) is 5.91 Å². The molecule has 0 spiro atoms. The van der Waals surface area contributed by atoms with E-state index in [0.29, 0.717) is 21.3 Å². The molecule has 2 N–H and O–H groups in total. The van der Waals surface area contributed by atoms with Crippen LogP contribution < -0.4 is 5.43 Å². The van der Waals surface area contributed by atoms with E-state index in [4.69, 9.17) is 11.6 Å². The van der Waals surface area contributed by atoms with Gasteiger partial charge >= 0.3 is 0 Å². The molecule has 1 heterocycles. The van der Waals surface area contributed by atoms with E-state index in [2.05, 4.69) is 15.5 Å². The van der Waals surface area contributed by atoms with E-state index in [1.165, 1.54) is 17.4 Å². The van der Waals surface area contributed by atoms with Gasteiger partial charge in [-0.1, -0.05) is 41.9 Å². The zero-order chi connectivity index (χ0) is 18.5. The number of rotatable bonds is 5. The Morgan fingerprint density at radius 1 is 1.27 bits per heavy atom. The first-order chi connectivity index (χ1) is 12.5. The number of phenols is 1. The molecular formula is C19H16ClN3O2S. The Morgan fingerprint density at radius 3 is 2.81 bits per heavy atom. The van der Waals surface area contributed by atoms with Crippen molar-refractivity contribution in [2.45, 2.75) is 13.3 Å². The Bertz CT molecular complexity index is 954. The highest BCUT2D eigenvalue weighted by molar-refractivity contribution is 7.10. The van der Waals surface area contributed by atoms with E-state index in [0.717, 1.165) is 11.3 Å². The van der Waals surface area contributed by atoms with Crippen LogP contribution in [0.1, 0.15) is 17.5 Å². The van der Waals surface area contributed by atoms with Crippen LogP contribution in [0.25, 0.3) is 11.3 Å². The van der Waals surface area contributed by atoms with Crippen molar-refractivity contribution < 1.29 is 9.90 Å². The SMILES string of the molecule is C/C(=N\NC(=O)Cc1nc(-c2ccccc2)cs1)c1cc(Cl)ccc1O. The highest BCUT2D eigenvalue weighted by Gasteiger charge is 2.10. The van der Waals surface area contributed by atoms with Crippen molar-refractivity contribution in [2.75, 3.05) is 0 Å². The highest BCUT2D eigenvalue weighted by atomic mass is 35.5. The minimum Gasteiger partial charge on any atom is -0.507 e. The van der Waals surface area contributed by atoms with Gasteiger partial charge in [0.15, 0.2) is 0 Å². The summed E-state index contributed by atoms with van der Waals surface area (Å²) in [7, 11) is 0. The number of carbonyl (C=O) groups excluding carboxylic acids is 1. The summed E-state index contributed by atoms with van der Waals surface area (Å²) in [6.45, 7) is 1.68. The van der Waals surface area contributed by atoms with Crippen LogP contribution in [-0.4, -0.2) is 21.7 Å². The fourth-order valence-corrected chi connectivity index (χ4v) is 3.29. The maximum absolute atomic E-state index is 12.1. The number of benzene rings is 2. The monoisotopic (exact) mass is 385 g/mol. The normalized spacial score (nSPS) is 11.4. The minimum atomic E-state index is -0.278. The van der Waals surface area contributed by atoms with Crippen molar-refractivity contribution in [3.8, 4) is 17.0 Å². The Labute approximate surface area is 160 Å². The highest BCUT2D eigenvalue weighted by Crippen LogP contribution is 2.23. The van der Waals surface area contributed by atoms with Crippen molar-refractivity contribution in [1.82, 2.24) is 10.4 Å². The molecule has 0 aliphatic rings. The second-order valence-corrected chi connectivity index (χ2v) is 6.94. The molecule has 2 aromatic carbocycles. The molecule has 1 aromatic heterocycles. The Morgan fingerprint density at radius 2 is 2.04 bits per heavy atom. The number of carbonyl (C=O) groups is 1. The molecule has 0 aliphatic carbocycles. The van der Waals surface area contributed by atoms with Gasteiger partial charge in [-0.2, -0.15) is 5.10 Å². The number of aromatic hydroxyl groups is 1. The number of hydrazone groups is 1. The smallest absolute Gasteiger partial charge is 0.246 e. The number of halogens is 1. The standard InChI is InChI=1S/C19H16ClN3O2S/c1-12(15-9-14(20)7-8-17(15)24)22-23-18(25)10-19-21-16(11-26-19)13-5-3-2-4-6-13/h2-9,11,24H,10H2,1H3,(H,23,25)/b22-12+. The van der Waals surface area contributed by atoms with Gasteiger partial charge < -0.3 is 5.11 Å². The lowest BCUT2D eigenvalue weighted by Crippen LogP contribution is -2.21. The third-order valence-corrected chi connectivity index (χ3v) is 4.71. The zero-order valence-electron chi connectivity index (χ0n) is 13.9. The number of hydrogen-bond donors (Lipinski definition) is 2. The van der Waals surface area contributed by atoms with Crippen molar-refractivity contribution in [1.29, 1.82) is 0 Å². The quantitative estimate of drug-likeness (QED) is 0.509. The number of amides is 1. The van der Waals surface area contributed by atoms with Gasteiger partial charge in [-0.05, 0) is 25.1 Å². The first-order valence-electron chi connectivity index (χ1n) is 7.85. The average molecular weight is 386 g/mol. The fraction of sp³-hybridized carbons (Fsp3) is 0.105. The molecule has 5 nitrogen and oxygen atoms in total. The van der Waals surface area contributed by atoms with Gasteiger partial charge in [0.1, 0.15) is 10.8 Å². The number of nitrogens with zero attached hydrogens (tertiary/aromatic N) is 2.